The van der Waals surface area contributed by atoms with Gasteiger partial charge in [-0.15, -0.1) is 0 Å². The van der Waals surface area contributed by atoms with Crippen LogP contribution in [0.2, 0.25) is 0 Å². The van der Waals surface area contributed by atoms with Gasteiger partial charge in [0, 0.05) is 201 Å². The number of hydrogen-bond acceptors (Lipinski definition) is 26. The third-order valence-electron chi connectivity index (χ3n) is 27.3. The topological polar surface area (TPSA) is 339 Å². The van der Waals surface area contributed by atoms with Gasteiger partial charge in [-0.3, -0.25) is 19.5 Å². The summed E-state index contributed by atoms with van der Waals surface area (Å²) in [5.74, 6) is 9.78. The maximum absolute atomic E-state index is 14.2. The highest BCUT2D eigenvalue weighted by molar-refractivity contribution is 5.88. The number of fused-ring (bicyclic) bond motifs is 9. The number of aromatic nitrogens is 12. The fraction of sp³-hybridized carbons (Fsp3) is 0.383. The lowest BCUT2D eigenvalue weighted by Gasteiger charge is -2.68. The number of nitrogens with one attached hydrogen (secondary N) is 1. The number of nitriles is 4. The summed E-state index contributed by atoms with van der Waals surface area (Å²) >= 11 is 0. The van der Waals surface area contributed by atoms with E-state index in [9.17, 15) is 39.7 Å². The highest BCUT2D eigenvalue weighted by Gasteiger charge is 2.72. The van der Waals surface area contributed by atoms with Crippen molar-refractivity contribution in [2.75, 3.05) is 95.6 Å². The number of methoxy groups -OCH3 is 3. The first kappa shape index (κ1) is 80.5. The van der Waals surface area contributed by atoms with E-state index in [1.807, 2.05) is 85.7 Å². The molecule has 10 bridgehead atoms. The predicted molar refractivity (Wildman–Crippen MR) is 458 cm³/mol. The summed E-state index contributed by atoms with van der Waals surface area (Å²) in [4.78, 5) is 53.5. The monoisotopic (exact) mass is 1690 g/mol. The van der Waals surface area contributed by atoms with Crippen LogP contribution in [0.3, 0.4) is 0 Å². The number of nitrogens with zero attached hydrogens (tertiary/aromatic N) is 22. The second-order valence-electron chi connectivity index (χ2n) is 35.5. The summed E-state index contributed by atoms with van der Waals surface area (Å²) in [6, 6.07) is 36.7. The molecule has 0 radical (unpaired) electrons. The molecule has 2 N–H and O–H groups in total. The number of halogens is 2. The lowest BCUT2D eigenvalue weighted by molar-refractivity contribution is -0.217. The fourth-order valence-corrected chi connectivity index (χ4v) is 21.3. The summed E-state index contributed by atoms with van der Waals surface area (Å²) in [7, 11) is 6.16. The number of pyridine rings is 9. The Morgan fingerprint density at radius 1 is 0.500 bits per heavy atom. The molecule has 6 unspecified atom stereocenters. The van der Waals surface area contributed by atoms with E-state index in [-0.39, 0.29) is 39.3 Å². The van der Waals surface area contributed by atoms with Gasteiger partial charge in [-0.2, -0.15) is 36.3 Å². The van der Waals surface area contributed by atoms with Crippen molar-refractivity contribution in [1.29, 1.82) is 21.0 Å². The first-order valence-corrected chi connectivity index (χ1v) is 42.4. The minimum Gasteiger partial charge on any atom is -0.491 e. The van der Waals surface area contributed by atoms with Gasteiger partial charge in [-0.1, -0.05) is 17.9 Å². The molecule has 15 aliphatic rings. The molecule has 32 heteroatoms. The maximum atomic E-state index is 14.2. The van der Waals surface area contributed by atoms with Crippen molar-refractivity contribution in [3.8, 4) is 98.6 Å². The number of ether oxygens (including phenoxy) is 5. The molecule has 30 nitrogen and oxygen atoms in total. The van der Waals surface area contributed by atoms with Crippen LogP contribution < -0.4 is 43.7 Å². The van der Waals surface area contributed by atoms with Gasteiger partial charge in [-0.05, 0) is 148 Å². The van der Waals surface area contributed by atoms with Gasteiger partial charge in [0.25, 0.3) is 0 Å². The Bertz CT molecular complexity index is 6450. The number of piperidine rings is 3. The largest absolute Gasteiger partial charge is 0.491 e. The van der Waals surface area contributed by atoms with Crippen molar-refractivity contribution < 1.29 is 42.4 Å². The summed E-state index contributed by atoms with van der Waals surface area (Å²) < 4.78 is 60.9. The van der Waals surface area contributed by atoms with Crippen LogP contribution >= 0.6 is 0 Å². The molecular formula is C94H89F2N23O7. The van der Waals surface area contributed by atoms with Gasteiger partial charge in [0.15, 0.2) is 11.6 Å². The summed E-state index contributed by atoms with van der Waals surface area (Å²) in [6.45, 7) is 10.2. The standard InChI is InChI=1S/C33H34N8O3.C32H29FN8O2.C29H26FN7O2/c1-35-31(42)33-17-32(18-33,19-33)20-44-26-8-27(30-23(9-34)12-38-41(30)16-26)22-4-5-28(36-11-22)39-14-24-7-25(15-39)40(24)13-21-3-6-29(43-2)37-10-21;1-42-30-27(33)4-20(8-37-30)11-40-23-5-24(40)13-39(12-23)28-3-2-21(9-36-28)26-6-25(14-41-29(26)22(7-34)10-38-41)43-19-32-15-31(16-32,17-32)18-35;1-18(38)3-4-19-7-25(28-22(10-31)13-34-37(28)15-19)21-5-6-27(32-12-21)35-16-23-9-24(17-35)36(23)14-20-8-26(30)29(39-2)33-11-20/h3-6,8,10-12,16,24-25H,7,13-15,17-20H2,1-2H3,(H,35,42);2-4,6,8-10,14,23-24H,5,11-13,15-17,19H2,1H3;5-8,11-13,15,18,23-24,38H,9,14,16-17H2,1-2H3/t;;18-,23?,24?/m..1/s1. The van der Waals surface area contributed by atoms with Crippen LogP contribution in [-0.2, 0) is 24.4 Å². The molecule has 12 aromatic rings. The third kappa shape index (κ3) is 14.6. The smallest absolute Gasteiger partial charge is 0.250 e. The lowest BCUT2D eigenvalue weighted by Crippen LogP contribution is -2.69. The van der Waals surface area contributed by atoms with Crippen LogP contribution in [0.5, 0.6) is 29.1 Å². The molecule has 15 fully saturated rings. The SMILES string of the molecule is CNC(=O)C12CC(COc3cc(-c4ccc(N5CC6CC(C5)N6Cc5ccc(OC)nc5)nc4)c4c(C#N)cnn4c3)(C1)C2.COc1ncc(CN2C3CC2CN(c2ccc(-c4cc(C#C[C@@H](C)O)cn5ncc(C#N)c45)cn2)C3)cc1F.COc1ncc(CN2C3CC2CN(c2ccc(-c4cc(OCC56CC(C#N)(C5)C6)cn5ncc(C#N)c45)cn2)C3)cc1F. The minimum atomic E-state index is -0.752. The molecule has 1 amide bonds. The van der Waals surface area contributed by atoms with Crippen LogP contribution in [0.15, 0.2) is 153 Å². The molecule has 7 atom stereocenters. The Hall–Kier alpha value is -13.9. The molecule has 636 valence electrons. The fourth-order valence-electron chi connectivity index (χ4n) is 21.3. The minimum absolute atomic E-state index is 0.0143. The van der Waals surface area contributed by atoms with Crippen molar-refractivity contribution in [2.24, 2.45) is 21.7 Å². The van der Waals surface area contributed by atoms with E-state index >= 15 is 0 Å². The normalized spacial score (nSPS) is 24.4. The molecule has 6 saturated carbocycles. The van der Waals surface area contributed by atoms with Crippen molar-refractivity contribution in [1.82, 2.24) is 78.8 Å². The van der Waals surface area contributed by atoms with Crippen LogP contribution in [-0.4, -0.2) is 208 Å². The Balaban J connectivity index is 0.000000119. The molecule has 27 rings (SSSR count). The molecule has 21 heterocycles. The number of amides is 1. The molecule has 126 heavy (non-hydrogen) atoms. The number of hydrogen-bond donors (Lipinski definition) is 2. The number of anilines is 3. The predicted octanol–water partition coefficient (Wildman–Crippen LogP) is 10.8. The maximum Gasteiger partial charge on any atom is 0.250 e. The zero-order valence-corrected chi connectivity index (χ0v) is 70.1. The van der Waals surface area contributed by atoms with Crippen LogP contribution in [0.25, 0.3) is 49.9 Å². The number of carbonyl (C=O) groups is 1. The van der Waals surface area contributed by atoms with Crippen molar-refractivity contribution >= 4 is 39.9 Å². The van der Waals surface area contributed by atoms with Crippen LogP contribution in [0.1, 0.15) is 104 Å². The molecule has 12 aromatic heterocycles. The summed E-state index contributed by atoms with van der Waals surface area (Å²) in [5.41, 5.74) is 12.2. The van der Waals surface area contributed by atoms with Crippen molar-refractivity contribution in [3.05, 3.63) is 204 Å². The van der Waals surface area contributed by atoms with E-state index < -0.39 is 17.7 Å². The lowest BCUT2D eigenvalue weighted by atomic mass is 9.35. The number of piperazine rings is 3. The number of rotatable bonds is 22. The zero-order chi connectivity index (χ0) is 86.5. The highest BCUT2D eigenvalue weighted by Crippen LogP contribution is 2.74. The zero-order valence-electron chi connectivity index (χ0n) is 70.1. The number of aliphatic hydroxyl groups excluding tert-OH is 1. The first-order valence-electron chi connectivity index (χ1n) is 42.4. The van der Waals surface area contributed by atoms with Crippen molar-refractivity contribution in [3.63, 3.8) is 0 Å². The van der Waals surface area contributed by atoms with Gasteiger partial charge < -0.3 is 48.8 Å². The van der Waals surface area contributed by atoms with E-state index in [0.717, 1.165) is 170 Å². The second kappa shape index (κ2) is 32.0. The average Bonchev–Trinajstić information content (AvgIpc) is 0.922. The second-order valence-corrected chi connectivity index (χ2v) is 35.5. The third-order valence-corrected chi connectivity index (χ3v) is 27.3. The van der Waals surface area contributed by atoms with E-state index in [4.69, 9.17) is 38.6 Å². The van der Waals surface area contributed by atoms with E-state index in [0.29, 0.717) is 108 Å². The molecule has 6 aliphatic carbocycles. The Labute approximate surface area is 724 Å². The molecule has 9 aliphatic heterocycles. The van der Waals surface area contributed by atoms with Gasteiger partial charge in [-0.25, -0.2) is 52.2 Å². The van der Waals surface area contributed by atoms with Gasteiger partial charge in [0.2, 0.25) is 23.5 Å². The van der Waals surface area contributed by atoms with Gasteiger partial charge >= 0.3 is 0 Å². The van der Waals surface area contributed by atoms with Crippen LogP contribution in [0, 0.1) is 90.5 Å². The summed E-state index contributed by atoms with van der Waals surface area (Å²) in [6.07, 6.45) is 28.9. The number of aliphatic hydroxyl groups is 1. The Morgan fingerprint density at radius 3 is 1.26 bits per heavy atom. The van der Waals surface area contributed by atoms with E-state index in [2.05, 4.69) is 119 Å². The van der Waals surface area contributed by atoms with Gasteiger partial charge in [0.1, 0.15) is 53.3 Å². The summed E-state index contributed by atoms with van der Waals surface area (Å²) in [5, 5.41) is 64.0. The van der Waals surface area contributed by atoms with Gasteiger partial charge in [0.05, 0.1) is 116 Å². The van der Waals surface area contributed by atoms with Crippen molar-refractivity contribution in [2.45, 2.75) is 127 Å². The van der Waals surface area contributed by atoms with E-state index in [1.165, 1.54) is 44.5 Å². The Morgan fingerprint density at radius 2 is 0.905 bits per heavy atom. The molecule has 0 aromatic carbocycles. The molecule has 0 spiro atoms. The molecule has 9 saturated heterocycles. The molecular weight excluding hydrogens is 1600 g/mol. The first-order chi connectivity index (χ1) is 61.2. The number of carbonyl (C=O) groups excluding carboxylic acids is 1. The van der Waals surface area contributed by atoms with Crippen LogP contribution in [0.4, 0.5) is 26.2 Å². The van der Waals surface area contributed by atoms with E-state index in [1.54, 1.807) is 65.6 Å². The quantitative estimate of drug-likeness (QED) is 0.0595. The average molecular weight is 1690 g/mol. The Kier molecular flexibility index (Phi) is 20.4. The highest BCUT2D eigenvalue weighted by atomic mass is 19.1.